The third kappa shape index (κ3) is 3.86. The van der Waals surface area contributed by atoms with Crippen LogP contribution in [0.15, 0.2) is 23.1 Å². The third-order valence-corrected chi connectivity index (χ3v) is 4.56. The molecule has 2 rings (SSSR count). The highest BCUT2D eigenvalue weighted by Crippen LogP contribution is 2.36. The molecule has 1 aliphatic carbocycles. The van der Waals surface area contributed by atoms with Crippen LogP contribution < -0.4 is 11.3 Å². The molecule has 0 radical (unpaired) electrons. The Bertz CT molecular complexity index is 567. The van der Waals surface area contributed by atoms with E-state index in [2.05, 4.69) is 13.8 Å². The van der Waals surface area contributed by atoms with E-state index in [1.54, 1.807) is 11.0 Å². The monoisotopic (exact) mass is 291 g/mol. The number of likely N-dealkylation sites (N-methyl/N-ethyl adjacent to an activating group) is 1. The number of pyridine rings is 1. The van der Waals surface area contributed by atoms with E-state index in [1.807, 2.05) is 7.05 Å². The van der Waals surface area contributed by atoms with Crippen molar-refractivity contribution < 1.29 is 4.79 Å². The van der Waals surface area contributed by atoms with Gasteiger partial charge in [0.15, 0.2) is 0 Å². The second-order valence-corrected chi connectivity index (χ2v) is 6.83. The molecule has 1 heterocycles. The van der Waals surface area contributed by atoms with Crippen LogP contribution in [0, 0.1) is 5.41 Å². The fraction of sp³-hybridized carbons (Fsp3) is 0.625. The van der Waals surface area contributed by atoms with E-state index >= 15 is 0 Å². The molecule has 2 N–H and O–H groups in total. The zero-order chi connectivity index (χ0) is 15.6. The zero-order valence-corrected chi connectivity index (χ0v) is 13.1. The van der Waals surface area contributed by atoms with E-state index in [9.17, 15) is 9.59 Å². The molecule has 0 aliphatic heterocycles. The Balaban J connectivity index is 2.00. The molecule has 0 unspecified atom stereocenters. The van der Waals surface area contributed by atoms with E-state index < -0.39 is 0 Å². The first-order valence-electron chi connectivity index (χ1n) is 7.50. The van der Waals surface area contributed by atoms with Gasteiger partial charge in [0.25, 0.3) is 5.56 Å². The van der Waals surface area contributed by atoms with Crippen molar-refractivity contribution >= 4 is 11.6 Å². The van der Waals surface area contributed by atoms with Crippen molar-refractivity contribution in [3.8, 4) is 0 Å². The van der Waals surface area contributed by atoms with Gasteiger partial charge in [0.05, 0.1) is 0 Å². The van der Waals surface area contributed by atoms with Crippen LogP contribution in [0.25, 0.3) is 0 Å². The summed E-state index contributed by atoms with van der Waals surface area (Å²) in [6.45, 7) is 4.61. The van der Waals surface area contributed by atoms with Crippen LogP contribution >= 0.6 is 0 Å². The number of hydrogen-bond acceptors (Lipinski definition) is 3. The quantitative estimate of drug-likeness (QED) is 0.924. The van der Waals surface area contributed by atoms with Gasteiger partial charge in [-0.25, -0.2) is 0 Å². The minimum Gasteiger partial charge on any atom is -0.398 e. The maximum atomic E-state index is 12.4. The SMILES string of the molecule is CN(C(=O)Cn1cc(N)ccc1=O)C1CCC(C)(C)CC1. The largest absolute Gasteiger partial charge is 0.398 e. The maximum Gasteiger partial charge on any atom is 0.251 e. The number of nitrogens with zero attached hydrogens (tertiary/aromatic N) is 2. The molecule has 5 nitrogen and oxygen atoms in total. The lowest BCUT2D eigenvalue weighted by Crippen LogP contribution is -2.43. The van der Waals surface area contributed by atoms with E-state index in [0.717, 1.165) is 25.7 Å². The molecule has 0 aromatic carbocycles. The van der Waals surface area contributed by atoms with E-state index in [1.165, 1.54) is 16.8 Å². The first kappa shape index (κ1) is 15.6. The molecule has 1 amide bonds. The zero-order valence-electron chi connectivity index (χ0n) is 13.1. The second-order valence-electron chi connectivity index (χ2n) is 6.83. The number of nitrogen functional groups attached to an aromatic ring is 1. The van der Waals surface area contributed by atoms with E-state index in [-0.39, 0.29) is 24.1 Å². The molecule has 116 valence electrons. The van der Waals surface area contributed by atoms with Crippen molar-refractivity contribution in [1.82, 2.24) is 9.47 Å². The fourth-order valence-electron chi connectivity index (χ4n) is 2.91. The van der Waals surface area contributed by atoms with Crippen LogP contribution in [-0.4, -0.2) is 28.5 Å². The molecule has 1 aromatic rings. The molecule has 0 saturated heterocycles. The summed E-state index contributed by atoms with van der Waals surface area (Å²) in [7, 11) is 1.84. The predicted octanol–water partition coefficient (Wildman–Crippen LogP) is 1.86. The Hall–Kier alpha value is -1.78. The molecule has 1 aliphatic rings. The van der Waals surface area contributed by atoms with Crippen molar-refractivity contribution in [1.29, 1.82) is 0 Å². The van der Waals surface area contributed by atoms with Gasteiger partial charge in [-0.3, -0.25) is 9.59 Å². The number of carbonyl (C=O) groups excluding carboxylic acids is 1. The number of anilines is 1. The Morgan fingerprint density at radius 2 is 2.00 bits per heavy atom. The maximum absolute atomic E-state index is 12.4. The lowest BCUT2D eigenvalue weighted by molar-refractivity contribution is -0.133. The topological polar surface area (TPSA) is 68.3 Å². The first-order chi connectivity index (χ1) is 9.78. The number of amides is 1. The second kappa shape index (κ2) is 5.92. The molecule has 5 heteroatoms. The smallest absolute Gasteiger partial charge is 0.251 e. The van der Waals surface area contributed by atoms with Crippen LogP contribution in [0.1, 0.15) is 39.5 Å². The first-order valence-corrected chi connectivity index (χ1v) is 7.50. The number of aromatic nitrogens is 1. The van der Waals surface area contributed by atoms with Gasteiger partial charge in [0, 0.05) is 31.0 Å². The average molecular weight is 291 g/mol. The highest BCUT2D eigenvalue weighted by Gasteiger charge is 2.30. The Kier molecular flexibility index (Phi) is 4.40. The van der Waals surface area contributed by atoms with Gasteiger partial charge >= 0.3 is 0 Å². The standard InChI is InChI=1S/C16H25N3O2/c1-16(2)8-6-13(7-9-16)18(3)15(21)11-19-10-12(17)4-5-14(19)20/h4-5,10,13H,6-9,11,17H2,1-3H3. The van der Waals surface area contributed by atoms with Gasteiger partial charge in [-0.2, -0.15) is 0 Å². The predicted molar refractivity (Wildman–Crippen MR) is 83.9 cm³/mol. The van der Waals surface area contributed by atoms with Gasteiger partial charge in [-0.1, -0.05) is 13.8 Å². The molecule has 1 aromatic heterocycles. The number of nitrogens with two attached hydrogens (primary N) is 1. The van der Waals surface area contributed by atoms with Crippen molar-refractivity contribution in [3.05, 3.63) is 28.7 Å². The average Bonchev–Trinajstić information content (AvgIpc) is 2.42. The van der Waals surface area contributed by atoms with Crippen LogP contribution in [-0.2, 0) is 11.3 Å². The molecular formula is C16H25N3O2. The summed E-state index contributed by atoms with van der Waals surface area (Å²) in [5.74, 6) is -0.0348. The summed E-state index contributed by atoms with van der Waals surface area (Å²) in [4.78, 5) is 25.9. The molecular weight excluding hydrogens is 266 g/mol. The molecule has 1 fully saturated rings. The van der Waals surface area contributed by atoms with Crippen molar-refractivity contribution in [2.24, 2.45) is 5.41 Å². The Morgan fingerprint density at radius 3 is 2.62 bits per heavy atom. The molecule has 1 saturated carbocycles. The Morgan fingerprint density at radius 1 is 1.38 bits per heavy atom. The van der Waals surface area contributed by atoms with Crippen molar-refractivity contribution in [2.75, 3.05) is 12.8 Å². The Labute approximate surface area is 125 Å². The molecule has 0 atom stereocenters. The van der Waals surface area contributed by atoms with Gasteiger partial charge in [0.1, 0.15) is 6.54 Å². The molecule has 0 spiro atoms. The van der Waals surface area contributed by atoms with Crippen LogP contribution in [0.5, 0.6) is 0 Å². The normalized spacial score (nSPS) is 18.4. The minimum absolute atomic E-state index is 0.0348. The summed E-state index contributed by atoms with van der Waals surface area (Å²) < 4.78 is 1.38. The van der Waals surface area contributed by atoms with Gasteiger partial charge < -0.3 is 15.2 Å². The summed E-state index contributed by atoms with van der Waals surface area (Å²) >= 11 is 0. The van der Waals surface area contributed by atoms with Crippen LogP contribution in [0.4, 0.5) is 5.69 Å². The van der Waals surface area contributed by atoms with Crippen LogP contribution in [0.2, 0.25) is 0 Å². The van der Waals surface area contributed by atoms with E-state index in [4.69, 9.17) is 5.73 Å². The highest BCUT2D eigenvalue weighted by molar-refractivity contribution is 5.76. The number of carbonyl (C=O) groups is 1. The van der Waals surface area contributed by atoms with Gasteiger partial charge in [-0.05, 0) is 37.2 Å². The van der Waals surface area contributed by atoms with Crippen molar-refractivity contribution in [3.63, 3.8) is 0 Å². The molecule has 21 heavy (non-hydrogen) atoms. The summed E-state index contributed by atoms with van der Waals surface area (Å²) in [6, 6.07) is 3.23. The highest BCUT2D eigenvalue weighted by atomic mass is 16.2. The van der Waals surface area contributed by atoms with Crippen molar-refractivity contribution in [2.45, 2.75) is 52.1 Å². The van der Waals surface area contributed by atoms with Gasteiger partial charge in [-0.15, -0.1) is 0 Å². The number of rotatable bonds is 3. The lowest BCUT2D eigenvalue weighted by Gasteiger charge is -2.38. The van der Waals surface area contributed by atoms with Gasteiger partial charge in [0.2, 0.25) is 5.91 Å². The number of hydrogen-bond donors (Lipinski definition) is 1. The third-order valence-electron chi connectivity index (χ3n) is 4.56. The summed E-state index contributed by atoms with van der Waals surface area (Å²) in [5, 5.41) is 0. The summed E-state index contributed by atoms with van der Waals surface area (Å²) in [6.07, 6.45) is 5.85. The minimum atomic E-state index is -0.198. The lowest BCUT2D eigenvalue weighted by atomic mass is 9.75. The summed E-state index contributed by atoms with van der Waals surface area (Å²) in [5.41, 5.74) is 6.34. The van der Waals surface area contributed by atoms with E-state index in [0.29, 0.717) is 11.1 Å². The fourth-order valence-corrected chi connectivity index (χ4v) is 2.91. The van der Waals surface area contributed by atoms with Crippen LogP contribution in [0.3, 0.4) is 0 Å². The molecule has 0 bridgehead atoms.